The van der Waals surface area contributed by atoms with Gasteiger partial charge in [0, 0.05) is 6.42 Å². The summed E-state index contributed by atoms with van der Waals surface area (Å²) >= 11 is 0. The summed E-state index contributed by atoms with van der Waals surface area (Å²) in [6, 6.07) is -1.01. The van der Waals surface area contributed by atoms with Crippen molar-refractivity contribution in [2.45, 2.75) is 394 Å². The minimum atomic E-state index is -1.99. The second-order valence-electron chi connectivity index (χ2n) is 29.2. The Morgan fingerprint density at radius 1 is 0.349 bits per heavy atom. The Labute approximate surface area is 639 Å². The van der Waals surface area contributed by atoms with E-state index in [1.54, 1.807) is 6.08 Å². The van der Waals surface area contributed by atoms with Crippen LogP contribution in [-0.4, -0.2) is 193 Å². The van der Waals surface area contributed by atoms with Crippen LogP contribution in [0.1, 0.15) is 290 Å². The summed E-state index contributed by atoms with van der Waals surface area (Å²) in [4.78, 5) is 13.5. The zero-order valence-corrected chi connectivity index (χ0v) is 65.4. The standard InChI is InChI=1S/C87H149NO18/c1-3-5-7-9-11-13-15-17-19-21-23-25-27-29-31-33-34-35-36-37-39-41-43-45-47-49-51-53-55-57-59-61-63-65-75(93)88-70(71(92)64-62-60-58-56-54-52-50-48-46-44-42-40-38-32-30-28-26-24-22-20-18-16-14-12-10-8-6-4-2)69-101-85-81(99)78(96)83(73(67-90)103-85)106-87-82(100)79(97)84(74(68-91)104-87)105-86-80(98)77(95)76(94)72(66-89)102-86/h5,7,11,13,17,19,23,25,29,31,34-35,37,39,43,45,54,56,62,64,70-74,76-87,89-92,94-100H,3-4,6,8-10,12,14-16,18,20-22,24,26-28,30,32-33,36,38,40-42,44,46-53,55,57-61,63,65-69H2,1-2H3,(H,88,93)/b7-5-,13-11-,19-17-,25-23-,31-29-,35-34-,39-37-,45-43-,56-54+,64-62+. The molecule has 3 rings (SSSR count). The van der Waals surface area contributed by atoms with Gasteiger partial charge in [0.15, 0.2) is 18.9 Å². The summed E-state index contributed by atoms with van der Waals surface area (Å²) in [6.45, 7) is 1.62. The zero-order valence-electron chi connectivity index (χ0n) is 65.4. The Hall–Kier alpha value is -3.81. The second kappa shape index (κ2) is 65.9. The maximum absolute atomic E-state index is 13.5. The largest absolute Gasteiger partial charge is 0.394 e. The summed E-state index contributed by atoms with van der Waals surface area (Å²) in [7, 11) is 0. The van der Waals surface area contributed by atoms with E-state index < -0.39 is 124 Å². The molecule has 0 aromatic rings. The number of ether oxygens (including phenoxy) is 6. The number of carbonyl (C=O) groups excluding carboxylic acids is 1. The highest BCUT2D eigenvalue weighted by molar-refractivity contribution is 5.76. The lowest BCUT2D eigenvalue weighted by Gasteiger charge is -2.48. The van der Waals surface area contributed by atoms with Gasteiger partial charge in [-0.1, -0.05) is 309 Å². The number of unbranched alkanes of at least 4 members (excludes halogenated alkanes) is 31. The molecule has 0 bridgehead atoms. The molecule has 3 aliphatic rings. The molecule has 3 aliphatic heterocycles. The molecule has 19 heteroatoms. The van der Waals surface area contributed by atoms with Crippen molar-refractivity contribution < 1.29 is 89.4 Å². The first-order valence-electron chi connectivity index (χ1n) is 41.8. The number of hydrogen-bond acceptors (Lipinski definition) is 18. The Morgan fingerprint density at radius 3 is 1.06 bits per heavy atom. The Kier molecular flexibility index (Phi) is 59.9. The van der Waals surface area contributed by atoms with Gasteiger partial charge in [0.25, 0.3) is 0 Å². The molecule has 3 saturated heterocycles. The van der Waals surface area contributed by atoms with E-state index in [2.05, 4.69) is 129 Å². The van der Waals surface area contributed by atoms with Crippen LogP contribution < -0.4 is 5.32 Å². The van der Waals surface area contributed by atoms with Crippen molar-refractivity contribution in [2.75, 3.05) is 26.4 Å². The number of rotatable bonds is 65. The number of carbonyl (C=O) groups is 1. The third-order valence-corrected chi connectivity index (χ3v) is 20.0. The predicted molar refractivity (Wildman–Crippen MR) is 424 cm³/mol. The van der Waals surface area contributed by atoms with Gasteiger partial charge in [0.05, 0.1) is 38.6 Å². The van der Waals surface area contributed by atoms with Crippen molar-refractivity contribution in [3.8, 4) is 0 Å². The summed E-state index contributed by atoms with van der Waals surface area (Å²) in [5.41, 5.74) is 0. The lowest BCUT2D eigenvalue weighted by molar-refractivity contribution is -0.379. The summed E-state index contributed by atoms with van der Waals surface area (Å²) in [6.07, 6.45) is 66.1. The average Bonchev–Trinajstić information content (AvgIpc) is 0.781. The molecule has 12 N–H and O–H groups in total. The molecule has 0 aliphatic carbocycles. The molecule has 17 atom stereocenters. The van der Waals surface area contributed by atoms with E-state index in [0.717, 1.165) is 116 Å². The van der Waals surface area contributed by atoms with E-state index in [1.165, 1.54) is 141 Å². The average molecular weight is 1500 g/mol. The molecule has 610 valence electrons. The van der Waals surface area contributed by atoms with Gasteiger partial charge in [-0.25, -0.2) is 0 Å². The van der Waals surface area contributed by atoms with Crippen LogP contribution >= 0.6 is 0 Å². The van der Waals surface area contributed by atoms with E-state index in [-0.39, 0.29) is 18.9 Å². The van der Waals surface area contributed by atoms with Crippen LogP contribution in [0.25, 0.3) is 0 Å². The lowest BCUT2D eigenvalue weighted by Crippen LogP contribution is -2.66. The maximum atomic E-state index is 13.5. The number of hydrogen-bond donors (Lipinski definition) is 12. The highest BCUT2D eigenvalue weighted by Gasteiger charge is 2.54. The van der Waals surface area contributed by atoms with E-state index in [9.17, 15) is 61.0 Å². The van der Waals surface area contributed by atoms with Gasteiger partial charge in [-0.3, -0.25) is 4.79 Å². The van der Waals surface area contributed by atoms with E-state index in [4.69, 9.17) is 28.4 Å². The van der Waals surface area contributed by atoms with E-state index in [1.807, 2.05) is 6.08 Å². The van der Waals surface area contributed by atoms with Gasteiger partial charge in [-0.15, -0.1) is 0 Å². The number of aliphatic hydroxyl groups excluding tert-OH is 11. The van der Waals surface area contributed by atoms with Gasteiger partial charge in [-0.2, -0.15) is 0 Å². The molecule has 0 aromatic heterocycles. The first kappa shape index (κ1) is 96.4. The molecular formula is C87H149NO18. The Morgan fingerprint density at radius 2 is 0.660 bits per heavy atom. The SMILES string of the molecule is CC/C=C\C/C=C\C/C=C\C/C=C\C/C=C\C/C=C\C/C=C\C/C=C\CCCCCCCCCCC(=O)NC(COC1OC(CO)C(OC2OC(CO)C(OC3OC(CO)C(O)C(O)C3O)C(O)C2O)C(O)C1O)C(O)/C=C/CC/C=C/CCCCCCCCCCCCCCCCCCCCCCCC. The molecule has 3 heterocycles. The van der Waals surface area contributed by atoms with Gasteiger partial charge in [-0.05, 0) is 96.3 Å². The normalized spacial score (nSPS) is 26.3. The van der Waals surface area contributed by atoms with Gasteiger partial charge >= 0.3 is 0 Å². The Bertz CT molecular complexity index is 2390. The van der Waals surface area contributed by atoms with Gasteiger partial charge in [0.2, 0.25) is 5.91 Å². The van der Waals surface area contributed by atoms with E-state index >= 15 is 0 Å². The third-order valence-electron chi connectivity index (χ3n) is 20.0. The van der Waals surface area contributed by atoms with Crippen molar-refractivity contribution in [1.82, 2.24) is 5.32 Å². The molecule has 3 fully saturated rings. The number of nitrogens with one attached hydrogen (secondary N) is 1. The van der Waals surface area contributed by atoms with Crippen LogP contribution in [0.3, 0.4) is 0 Å². The topological polar surface area (TPSA) is 307 Å². The molecule has 0 radical (unpaired) electrons. The van der Waals surface area contributed by atoms with Crippen molar-refractivity contribution in [3.63, 3.8) is 0 Å². The van der Waals surface area contributed by atoms with E-state index in [0.29, 0.717) is 12.8 Å². The smallest absolute Gasteiger partial charge is 0.220 e. The molecule has 0 aromatic carbocycles. The fourth-order valence-electron chi connectivity index (χ4n) is 13.3. The zero-order chi connectivity index (χ0) is 76.7. The number of amides is 1. The van der Waals surface area contributed by atoms with Gasteiger partial charge < -0.3 is 89.9 Å². The van der Waals surface area contributed by atoms with Crippen LogP contribution in [0.15, 0.2) is 122 Å². The van der Waals surface area contributed by atoms with Crippen molar-refractivity contribution in [2.24, 2.45) is 0 Å². The molecule has 106 heavy (non-hydrogen) atoms. The maximum Gasteiger partial charge on any atom is 0.220 e. The lowest BCUT2D eigenvalue weighted by atomic mass is 9.96. The fourth-order valence-corrected chi connectivity index (χ4v) is 13.3. The highest BCUT2D eigenvalue weighted by atomic mass is 16.8. The van der Waals surface area contributed by atoms with Crippen LogP contribution in [0.5, 0.6) is 0 Å². The van der Waals surface area contributed by atoms with Crippen molar-refractivity contribution >= 4 is 5.91 Å². The fraction of sp³-hybridized carbons (Fsp3) is 0.759. The van der Waals surface area contributed by atoms with Crippen LogP contribution in [-0.2, 0) is 33.2 Å². The van der Waals surface area contributed by atoms with Crippen LogP contribution in [0.4, 0.5) is 0 Å². The second-order valence-corrected chi connectivity index (χ2v) is 29.2. The molecular weight excluding hydrogens is 1350 g/mol. The monoisotopic (exact) mass is 1500 g/mol. The highest BCUT2D eigenvalue weighted by Crippen LogP contribution is 2.33. The molecule has 17 unspecified atom stereocenters. The van der Waals surface area contributed by atoms with Gasteiger partial charge in [0.1, 0.15) is 73.2 Å². The van der Waals surface area contributed by atoms with Crippen molar-refractivity contribution in [1.29, 1.82) is 0 Å². The first-order chi connectivity index (χ1) is 51.8. The quantitative estimate of drug-likeness (QED) is 0.0199. The Balaban J connectivity index is 1.39. The van der Waals surface area contributed by atoms with Crippen molar-refractivity contribution in [3.05, 3.63) is 122 Å². The summed E-state index contributed by atoms with van der Waals surface area (Å²) in [5.74, 6) is -0.296. The molecule has 1 amide bonds. The minimum Gasteiger partial charge on any atom is -0.394 e. The number of allylic oxidation sites excluding steroid dienone is 19. The summed E-state index contributed by atoms with van der Waals surface area (Å²) in [5, 5.41) is 121. The third kappa shape index (κ3) is 44.9. The molecule has 0 saturated carbocycles. The number of aliphatic hydroxyl groups is 11. The molecule has 19 nitrogen and oxygen atoms in total. The van der Waals surface area contributed by atoms with Crippen LogP contribution in [0, 0.1) is 0 Å². The predicted octanol–water partition coefficient (Wildman–Crippen LogP) is 14.7. The summed E-state index contributed by atoms with van der Waals surface area (Å²) < 4.78 is 34.4. The van der Waals surface area contributed by atoms with Crippen LogP contribution in [0.2, 0.25) is 0 Å². The molecule has 0 spiro atoms. The first-order valence-corrected chi connectivity index (χ1v) is 41.8. The minimum absolute atomic E-state index is 0.218.